The Labute approximate surface area is 131 Å². The molecule has 0 heterocycles. The van der Waals surface area contributed by atoms with Gasteiger partial charge in [0.2, 0.25) is 0 Å². The minimum absolute atomic E-state index is 0.155. The van der Waals surface area contributed by atoms with E-state index in [4.69, 9.17) is 11.1 Å². The fraction of sp³-hybridized carbons (Fsp3) is 0.533. The van der Waals surface area contributed by atoms with Gasteiger partial charge in [0, 0.05) is 29.4 Å². The molecule has 1 atom stereocenters. The zero-order valence-corrected chi connectivity index (χ0v) is 14.4. The van der Waals surface area contributed by atoms with E-state index in [0.717, 1.165) is 34.1 Å². The molecule has 3 nitrogen and oxygen atoms in total. The molecule has 1 aromatic rings. The van der Waals surface area contributed by atoms with E-state index in [1.165, 1.54) is 0 Å². The van der Waals surface area contributed by atoms with Crippen LogP contribution >= 0.6 is 23.5 Å². The maximum absolute atomic E-state index is 7.92. The molecule has 112 valence electrons. The molecule has 0 aliphatic rings. The first kappa shape index (κ1) is 17.2. The summed E-state index contributed by atoms with van der Waals surface area (Å²) in [6.07, 6.45) is 3.21. The molecule has 3 N–H and O–H groups in total. The summed E-state index contributed by atoms with van der Waals surface area (Å²) in [7, 11) is 2.10. The number of nitrogens with one attached hydrogen (secondary N) is 1. The van der Waals surface area contributed by atoms with Gasteiger partial charge in [0.1, 0.15) is 5.84 Å². The number of rotatable bonds is 8. The number of nitrogens with zero attached hydrogens (tertiary/aromatic N) is 1. The van der Waals surface area contributed by atoms with Gasteiger partial charge in [-0.3, -0.25) is 5.41 Å². The summed E-state index contributed by atoms with van der Waals surface area (Å²) in [5.41, 5.74) is 7.78. The van der Waals surface area contributed by atoms with E-state index in [1.807, 2.05) is 11.8 Å². The summed E-state index contributed by atoms with van der Waals surface area (Å²) in [5.74, 6) is 2.22. The van der Waals surface area contributed by atoms with Crippen LogP contribution in [0.1, 0.15) is 25.8 Å². The summed E-state index contributed by atoms with van der Waals surface area (Å²) in [6.45, 7) is 4.32. The highest BCUT2D eigenvalue weighted by Gasteiger charge is 2.19. The molecule has 0 bridgehead atoms. The smallest absolute Gasteiger partial charge is 0.126 e. The molecule has 0 spiro atoms. The molecule has 0 fully saturated rings. The fourth-order valence-corrected chi connectivity index (χ4v) is 3.94. The van der Waals surface area contributed by atoms with E-state index in [9.17, 15) is 0 Å². The maximum Gasteiger partial charge on any atom is 0.126 e. The SMILES string of the molecule is CCSc1cccc(N(C)C(CC)CSC)c1C(=N)N. The normalized spacial score (nSPS) is 12.2. The molecular weight excluding hydrogens is 286 g/mol. The van der Waals surface area contributed by atoms with E-state index in [2.05, 4.69) is 50.2 Å². The average Bonchev–Trinajstić information content (AvgIpc) is 2.43. The van der Waals surface area contributed by atoms with Crippen LogP contribution in [0.25, 0.3) is 0 Å². The highest BCUT2D eigenvalue weighted by molar-refractivity contribution is 7.99. The Kier molecular flexibility index (Phi) is 7.30. The third kappa shape index (κ3) is 4.09. The van der Waals surface area contributed by atoms with Crippen molar-refractivity contribution < 1.29 is 0 Å². The second-order valence-electron chi connectivity index (χ2n) is 4.63. The minimum Gasteiger partial charge on any atom is -0.384 e. The second-order valence-corrected chi connectivity index (χ2v) is 6.84. The van der Waals surface area contributed by atoms with Gasteiger partial charge in [-0.2, -0.15) is 11.8 Å². The molecule has 0 aliphatic carbocycles. The summed E-state index contributed by atoms with van der Waals surface area (Å²) >= 11 is 3.60. The molecule has 5 heteroatoms. The molecule has 0 aromatic heterocycles. The van der Waals surface area contributed by atoms with Gasteiger partial charge in [-0.1, -0.05) is 19.9 Å². The van der Waals surface area contributed by atoms with Crippen LogP contribution < -0.4 is 10.6 Å². The van der Waals surface area contributed by atoms with E-state index >= 15 is 0 Å². The van der Waals surface area contributed by atoms with Gasteiger partial charge in [-0.15, -0.1) is 11.8 Å². The van der Waals surface area contributed by atoms with E-state index in [1.54, 1.807) is 11.8 Å². The number of nitrogens with two attached hydrogens (primary N) is 1. The van der Waals surface area contributed by atoms with Crippen molar-refractivity contribution in [2.45, 2.75) is 31.2 Å². The van der Waals surface area contributed by atoms with E-state index in [0.29, 0.717) is 6.04 Å². The Hall–Kier alpha value is -0.810. The van der Waals surface area contributed by atoms with Gasteiger partial charge in [-0.05, 0) is 30.6 Å². The Bertz CT molecular complexity index is 449. The van der Waals surface area contributed by atoms with Gasteiger partial charge >= 0.3 is 0 Å². The van der Waals surface area contributed by atoms with Crippen molar-refractivity contribution in [1.29, 1.82) is 5.41 Å². The maximum atomic E-state index is 7.92. The third-order valence-electron chi connectivity index (χ3n) is 3.33. The predicted octanol–water partition coefficient (Wildman–Crippen LogP) is 3.66. The molecule has 20 heavy (non-hydrogen) atoms. The standard InChI is InChI=1S/C15H25N3S2/c1-5-11(10-19-4)18(3)12-8-7-9-13(20-6-2)14(12)15(16)17/h7-9,11H,5-6,10H2,1-4H3,(H3,16,17). The molecule has 1 unspecified atom stereocenters. The lowest BCUT2D eigenvalue weighted by molar-refractivity contribution is 0.672. The van der Waals surface area contributed by atoms with Crippen LogP contribution in [0.5, 0.6) is 0 Å². The van der Waals surface area contributed by atoms with Crippen molar-refractivity contribution in [2.24, 2.45) is 5.73 Å². The molecule has 0 aliphatic heterocycles. The lowest BCUT2D eigenvalue weighted by Gasteiger charge is -2.31. The lowest BCUT2D eigenvalue weighted by Crippen LogP contribution is -2.35. The van der Waals surface area contributed by atoms with Gasteiger partial charge in [-0.25, -0.2) is 0 Å². The van der Waals surface area contributed by atoms with E-state index < -0.39 is 0 Å². The monoisotopic (exact) mass is 311 g/mol. The van der Waals surface area contributed by atoms with Crippen molar-refractivity contribution in [3.05, 3.63) is 23.8 Å². The van der Waals surface area contributed by atoms with Crippen LogP contribution in [-0.4, -0.2) is 36.7 Å². The number of nitrogen functional groups attached to an aromatic ring is 1. The van der Waals surface area contributed by atoms with Crippen molar-refractivity contribution in [3.8, 4) is 0 Å². The van der Waals surface area contributed by atoms with Crippen LogP contribution in [0.2, 0.25) is 0 Å². The van der Waals surface area contributed by atoms with Crippen molar-refractivity contribution in [2.75, 3.05) is 29.7 Å². The summed E-state index contributed by atoms with van der Waals surface area (Å²) in [6, 6.07) is 6.64. The van der Waals surface area contributed by atoms with Crippen LogP contribution in [0.3, 0.4) is 0 Å². The van der Waals surface area contributed by atoms with Gasteiger partial charge in [0.25, 0.3) is 0 Å². The molecule has 1 aromatic carbocycles. The molecule has 0 radical (unpaired) electrons. The van der Waals surface area contributed by atoms with Gasteiger partial charge in [0.15, 0.2) is 0 Å². The Morgan fingerprint density at radius 2 is 2.10 bits per heavy atom. The second kappa shape index (κ2) is 8.47. The number of anilines is 1. The predicted molar refractivity (Wildman–Crippen MR) is 94.7 cm³/mol. The zero-order chi connectivity index (χ0) is 15.1. The van der Waals surface area contributed by atoms with Crippen molar-refractivity contribution >= 4 is 35.0 Å². The molecule has 0 saturated carbocycles. The molecular formula is C15H25N3S2. The van der Waals surface area contributed by atoms with Gasteiger partial charge < -0.3 is 10.6 Å². The number of hydrogen-bond acceptors (Lipinski definition) is 4. The summed E-state index contributed by atoms with van der Waals surface area (Å²) in [4.78, 5) is 3.37. The van der Waals surface area contributed by atoms with Crippen LogP contribution in [-0.2, 0) is 0 Å². The Balaban J connectivity index is 3.21. The third-order valence-corrected chi connectivity index (χ3v) is 4.99. The number of amidine groups is 1. The zero-order valence-electron chi connectivity index (χ0n) is 12.8. The van der Waals surface area contributed by atoms with Crippen molar-refractivity contribution in [3.63, 3.8) is 0 Å². The van der Waals surface area contributed by atoms with Gasteiger partial charge in [0.05, 0.1) is 5.56 Å². The number of benzene rings is 1. The Morgan fingerprint density at radius 3 is 2.60 bits per heavy atom. The number of hydrogen-bond donors (Lipinski definition) is 2. The quantitative estimate of drug-likeness (QED) is 0.437. The van der Waals surface area contributed by atoms with Crippen LogP contribution in [0, 0.1) is 5.41 Å². The van der Waals surface area contributed by atoms with Crippen LogP contribution in [0.15, 0.2) is 23.1 Å². The molecule has 1 rings (SSSR count). The Morgan fingerprint density at radius 1 is 1.40 bits per heavy atom. The molecule has 0 saturated heterocycles. The molecule has 0 amide bonds. The average molecular weight is 312 g/mol. The first-order valence-electron chi connectivity index (χ1n) is 6.88. The lowest BCUT2D eigenvalue weighted by atomic mass is 10.1. The minimum atomic E-state index is 0.155. The summed E-state index contributed by atoms with van der Waals surface area (Å²) in [5, 5.41) is 7.92. The van der Waals surface area contributed by atoms with Crippen LogP contribution in [0.4, 0.5) is 5.69 Å². The van der Waals surface area contributed by atoms with Crippen molar-refractivity contribution in [1.82, 2.24) is 0 Å². The van der Waals surface area contributed by atoms with E-state index in [-0.39, 0.29) is 5.84 Å². The largest absolute Gasteiger partial charge is 0.384 e. The summed E-state index contributed by atoms with van der Waals surface area (Å²) < 4.78 is 0. The highest BCUT2D eigenvalue weighted by Crippen LogP contribution is 2.31. The first-order chi connectivity index (χ1) is 9.56. The fourth-order valence-electron chi connectivity index (χ4n) is 2.25. The first-order valence-corrected chi connectivity index (χ1v) is 9.26. The topological polar surface area (TPSA) is 53.1 Å². The number of thioether (sulfide) groups is 2. The highest BCUT2D eigenvalue weighted by atomic mass is 32.2.